The largest absolute Gasteiger partial charge is 0.379 e. The molecule has 3 N–H and O–H groups in total. The average Bonchev–Trinajstić information content (AvgIpc) is 2.95. The van der Waals surface area contributed by atoms with Gasteiger partial charge in [-0.3, -0.25) is 9.69 Å². The molecule has 3 aromatic rings. The molecule has 1 fully saturated rings. The van der Waals surface area contributed by atoms with Crippen molar-refractivity contribution in [3.05, 3.63) is 88.5 Å². The van der Waals surface area contributed by atoms with E-state index >= 15 is 0 Å². The molecule has 8 heteroatoms. The van der Waals surface area contributed by atoms with Crippen LogP contribution in [0.25, 0.3) is 0 Å². The fourth-order valence-corrected chi connectivity index (χ4v) is 5.19. The molecule has 0 bridgehead atoms. The number of hydrogen-bond acceptors (Lipinski definition) is 5. The van der Waals surface area contributed by atoms with Gasteiger partial charge in [-0.15, -0.1) is 0 Å². The highest BCUT2D eigenvalue weighted by Gasteiger charge is 2.22. The molecule has 2 aliphatic heterocycles. The first-order valence-corrected chi connectivity index (χ1v) is 13.7. The number of nitrogens with zero attached hydrogens (tertiary/aromatic N) is 2. The van der Waals surface area contributed by atoms with Crippen LogP contribution in [-0.4, -0.2) is 62.8 Å². The van der Waals surface area contributed by atoms with E-state index in [1.54, 1.807) is 6.07 Å². The van der Waals surface area contributed by atoms with Gasteiger partial charge in [-0.25, -0.2) is 4.79 Å². The van der Waals surface area contributed by atoms with Crippen LogP contribution in [0.2, 0.25) is 0 Å². The molecule has 5 rings (SSSR count). The monoisotopic (exact) mass is 527 g/mol. The number of hydrogen-bond donors (Lipinski definition) is 3. The third kappa shape index (κ3) is 6.58. The lowest BCUT2D eigenvalue weighted by Crippen LogP contribution is -2.41. The van der Waals surface area contributed by atoms with Crippen LogP contribution in [-0.2, 0) is 17.7 Å². The van der Waals surface area contributed by atoms with Gasteiger partial charge in [0, 0.05) is 56.3 Å². The summed E-state index contributed by atoms with van der Waals surface area (Å²) in [7, 11) is 0. The molecule has 3 aromatic carbocycles. The summed E-state index contributed by atoms with van der Waals surface area (Å²) in [5, 5.41) is 8.95. The lowest BCUT2D eigenvalue weighted by molar-refractivity contribution is 0.0383. The summed E-state index contributed by atoms with van der Waals surface area (Å²) in [6.45, 7) is 10.1. The maximum Gasteiger partial charge on any atom is 0.323 e. The third-order valence-electron chi connectivity index (χ3n) is 7.64. The number of ether oxygens (including phenoxy) is 1. The van der Waals surface area contributed by atoms with Gasteiger partial charge >= 0.3 is 6.03 Å². The molecule has 2 aliphatic rings. The van der Waals surface area contributed by atoms with Crippen molar-refractivity contribution in [1.82, 2.24) is 10.2 Å². The predicted octanol–water partition coefficient (Wildman–Crippen LogP) is 4.57. The van der Waals surface area contributed by atoms with Crippen molar-refractivity contribution >= 4 is 29.0 Å². The predicted molar refractivity (Wildman–Crippen MR) is 156 cm³/mol. The smallest absolute Gasteiger partial charge is 0.323 e. The van der Waals surface area contributed by atoms with Crippen molar-refractivity contribution in [2.75, 3.05) is 61.5 Å². The van der Waals surface area contributed by atoms with Crippen molar-refractivity contribution < 1.29 is 14.3 Å². The van der Waals surface area contributed by atoms with E-state index in [1.165, 1.54) is 11.1 Å². The molecule has 204 valence electrons. The average molecular weight is 528 g/mol. The van der Waals surface area contributed by atoms with Crippen LogP contribution in [0.3, 0.4) is 0 Å². The molecule has 39 heavy (non-hydrogen) atoms. The van der Waals surface area contributed by atoms with Crippen molar-refractivity contribution in [1.29, 1.82) is 0 Å². The standard InChI is InChI=1S/C31H37N5O3/c1-22-6-5-9-28(23(22)2)34-31(38)33-26-10-11-29(36-14-12-24-7-3-4-8-25(24)21-36)27(20-26)30(37)32-13-15-35-16-18-39-19-17-35/h3-11,20H,12-19,21H2,1-2H3,(H,32,37)(H2,33,34,38). The van der Waals surface area contributed by atoms with Crippen molar-refractivity contribution in [3.8, 4) is 0 Å². The minimum absolute atomic E-state index is 0.143. The molecular weight excluding hydrogens is 490 g/mol. The highest BCUT2D eigenvalue weighted by molar-refractivity contribution is 6.04. The number of carbonyl (C=O) groups is 2. The Bertz CT molecular complexity index is 1340. The molecule has 1 saturated heterocycles. The summed E-state index contributed by atoms with van der Waals surface area (Å²) >= 11 is 0. The molecular formula is C31H37N5O3. The Kier molecular flexibility index (Phi) is 8.44. The Labute approximate surface area is 230 Å². The van der Waals surface area contributed by atoms with Crippen molar-refractivity contribution in [3.63, 3.8) is 0 Å². The van der Waals surface area contributed by atoms with Gasteiger partial charge in [0.2, 0.25) is 0 Å². The number of aryl methyl sites for hydroxylation is 1. The minimum Gasteiger partial charge on any atom is -0.379 e. The zero-order valence-corrected chi connectivity index (χ0v) is 22.8. The molecule has 3 amide bonds. The van der Waals surface area contributed by atoms with Gasteiger partial charge in [-0.2, -0.15) is 0 Å². The number of nitrogens with one attached hydrogen (secondary N) is 3. The lowest BCUT2D eigenvalue weighted by atomic mass is 9.98. The number of amides is 3. The summed E-state index contributed by atoms with van der Waals surface area (Å²) in [4.78, 5) is 30.9. The lowest BCUT2D eigenvalue weighted by Gasteiger charge is -2.32. The molecule has 0 unspecified atom stereocenters. The summed E-state index contributed by atoms with van der Waals surface area (Å²) in [6.07, 6.45) is 0.923. The topological polar surface area (TPSA) is 85.9 Å². The van der Waals surface area contributed by atoms with E-state index < -0.39 is 0 Å². The van der Waals surface area contributed by atoms with Crippen LogP contribution < -0.4 is 20.9 Å². The fourth-order valence-electron chi connectivity index (χ4n) is 5.19. The molecule has 0 aliphatic carbocycles. The number of morpholine rings is 1. The first kappa shape index (κ1) is 26.7. The molecule has 0 atom stereocenters. The van der Waals surface area contributed by atoms with E-state index in [1.807, 2.05) is 44.2 Å². The van der Waals surface area contributed by atoms with E-state index in [-0.39, 0.29) is 11.9 Å². The number of urea groups is 1. The van der Waals surface area contributed by atoms with E-state index in [9.17, 15) is 9.59 Å². The van der Waals surface area contributed by atoms with E-state index in [0.717, 1.165) is 74.9 Å². The van der Waals surface area contributed by atoms with Crippen molar-refractivity contribution in [2.24, 2.45) is 0 Å². The SMILES string of the molecule is Cc1cccc(NC(=O)Nc2ccc(N3CCc4ccccc4C3)c(C(=O)NCCN3CCOCC3)c2)c1C. The van der Waals surface area contributed by atoms with Crippen LogP contribution in [0, 0.1) is 13.8 Å². The van der Waals surface area contributed by atoms with E-state index in [4.69, 9.17) is 4.74 Å². The Balaban J connectivity index is 1.33. The van der Waals surface area contributed by atoms with Crippen LogP contribution in [0.4, 0.5) is 21.9 Å². The number of benzene rings is 3. The van der Waals surface area contributed by atoms with Gasteiger partial charge in [-0.05, 0) is 66.8 Å². The second kappa shape index (κ2) is 12.3. The van der Waals surface area contributed by atoms with Crippen LogP contribution >= 0.6 is 0 Å². The number of fused-ring (bicyclic) bond motifs is 1. The van der Waals surface area contributed by atoms with Gasteiger partial charge in [0.1, 0.15) is 0 Å². The van der Waals surface area contributed by atoms with Gasteiger partial charge in [0.15, 0.2) is 0 Å². The highest BCUT2D eigenvalue weighted by atomic mass is 16.5. The highest BCUT2D eigenvalue weighted by Crippen LogP contribution is 2.30. The summed E-state index contributed by atoms with van der Waals surface area (Å²) in [5.41, 5.74) is 7.51. The molecule has 0 aromatic heterocycles. The Morgan fingerprint density at radius 1 is 0.897 bits per heavy atom. The molecule has 2 heterocycles. The summed E-state index contributed by atoms with van der Waals surface area (Å²) in [5.74, 6) is -0.143. The fraction of sp³-hybridized carbons (Fsp3) is 0.355. The first-order chi connectivity index (χ1) is 19.0. The normalized spacial score (nSPS) is 15.4. The van der Waals surface area contributed by atoms with E-state index in [2.05, 4.69) is 50.0 Å². The second-order valence-electron chi connectivity index (χ2n) is 10.2. The Morgan fingerprint density at radius 3 is 2.51 bits per heavy atom. The van der Waals surface area contributed by atoms with Gasteiger partial charge in [0.05, 0.1) is 18.8 Å². The molecule has 0 radical (unpaired) electrons. The number of carbonyl (C=O) groups excluding carboxylic acids is 2. The minimum atomic E-state index is -0.345. The van der Waals surface area contributed by atoms with Crippen LogP contribution in [0.15, 0.2) is 60.7 Å². The van der Waals surface area contributed by atoms with Crippen LogP contribution in [0.5, 0.6) is 0 Å². The third-order valence-corrected chi connectivity index (χ3v) is 7.64. The zero-order chi connectivity index (χ0) is 27.2. The summed E-state index contributed by atoms with van der Waals surface area (Å²) in [6, 6.07) is 19.5. The van der Waals surface area contributed by atoms with E-state index in [0.29, 0.717) is 17.8 Å². The maximum absolute atomic E-state index is 13.5. The molecule has 0 spiro atoms. The molecule has 0 saturated carbocycles. The number of rotatable bonds is 7. The van der Waals surface area contributed by atoms with Gasteiger partial charge in [-0.1, -0.05) is 36.4 Å². The van der Waals surface area contributed by atoms with Gasteiger partial charge < -0.3 is 25.6 Å². The van der Waals surface area contributed by atoms with Gasteiger partial charge in [0.25, 0.3) is 5.91 Å². The molecule has 8 nitrogen and oxygen atoms in total. The number of anilines is 3. The first-order valence-electron chi connectivity index (χ1n) is 13.7. The maximum atomic E-state index is 13.5. The second-order valence-corrected chi connectivity index (χ2v) is 10.2. The quantitative estimate of drug-likeness (QED) is 0.419. The zero-order valence-electron chi connectivity index (χ0n) is 22.8. The van der Waals surface area contributed by atoms with Crippen LogP contribution in [0.1, 0.15) is 32.6 Å². The summed E-state index contributed by atoms with van der Waals surface area (Å²) < 4.78 is 5.42. The van der Waals surface area contributed by atoms with Crippen molar-refractivity contribution in [2.45, 2.75) is 26.8 Å². The Hall–Kier alpha value is -3.88. The Morgan fingerprint density at radius 2 is 1.69 bits per heavy atom.